The average molecular weight is 296 g/mol. The van der Waals surface area contributed by atoms with Crippen LogP contribution in [0.15, 0.2) is 55.0 Å². The topological polar surface area (TPSA) is 70.4 Å². The molecular weight excluding hydrogens is 280 g/mol. The van der Waals surface area contributed by atoms with Crippen LogP contribution < -0.4 is 10.3 Å². The number of hydrogen-bond acceptors (Lipinski definition) is 3. The van der Waals surface area contributed by atoms with E-state index in [1.54, 1.807) is 12.4 Å². The van der Waals surface area contributed by atoms with Crippen molar-refractivity contribution in [3.63, 3.8) is 0 Å². The van der Waals surface area contributed by atoms with Gasteiger partial charge < -0.3 is 10.4 Å². The minimum Gasteiger partial charge on any atom is -0.465 e. The summed E-state index contributed by atoms with van der Waals surface area (Å²) >= 11 is 0. The van der Waals surface area contributed by atoms with E-state index in [4.69, 9.17) is 5.11 Å². The Morgan fingerprint density at radius 2 is 2.05 bits per heavy atom. The lowest BCUT2D eigenvalue weighted by Crippen LogP contribution is -2.23. The number of nitrogens with zero attached hydrogens (tertiary/aromatic N) is 3. The lowest BCUT2D eigenvalue weighted by atomic mass is 10.1. The molecule has 2 heterocycles. The highest BCUT2D eigenvalue weighted by Gasteiger charge is 2.08. The second kappa shape index (κ2) is 5.77. The van der Waals surface area contributed by atoms with E-state index in [0.717, 1.165) is 22.2 Å². The minimum atomic E-state index is -1.02. The average Bonchev–Trinajstić information content (AvgIpc) is 2.96. The standard InChI is InChI=1S/C16H16N4O2/c1-19(14-4-7-17-8-5-14)20-9-6-13-10-12(2-3-15(13)20)11-18-16(21)22/h2-10,18H,11H2,1H3,(H,21,22). The van der Waals surface area contributed by atoms with Gasteiger partial charge in [0.05, 0.1) is 11.2 Å². The molecular formula is C16H16N4O2. The summed E-state index contributed by atoms with van der Waals surface area (Å²) in [6.45, 7) is 0.302. The summed E-state index contributed by atoms with van der Waals surface area (Å²) in [7, 11) is 1.98. The summed E-state index contributed by atoms with van der Waals surface area (Å²) in [5.74, 6) is 0. The number of aromatic nitrogens is 2. The molecule has 0 radical (unpaired) electrons. The van der Waals surface area contributed by atoms with Gasteiger partial charge in [-0.05, 0) is 35.9 Å². The molecule has 0 fully saturated rings. The molecule has 1 amide bonds. The summed E-state index contributed by atoms with van der Waals surface area (Å²) < 4.78 is 2.04. The first-order chi connectivity index (χ1) is 10.6. The number of anilines is 1. The largest absolute Gasteiger partial charge is 0.465 e. The summed E-state index contributed by atoms with van der Waals surface area (Å²) in [6.07, 6.45) is 4.48. The Bertz CT molecular complexity index is 798. The Kier molecular flexibility index (Phi) is 3.65. The fraction of sp³-hybridized carbons (Fsp3) is 0.125. The van der Waals surface area contributed by atoms with Crippen molar-refractivity contribution < 1.29 is 9.90 Å². The number of amides is 1. The highest BCUT2D eigenvalue weighted by molar-refractivity contribution is 5.82. The molecule has 3 rings (SSSR count). The highest BCUT2D eigenvalue weighted by Crippen LogP contribution is 2.21. The maximum atomic E-state index is 10.6. The number of fused-ring (bicyclic) bond motifs is 1. The number of hydrogen-bond donors (Lipinski definition) is 2. The Balaban J connectivity index is 1.91. The molecule has 2 aromatic heterocycles. The van der Waals surface area contributed by atoms with Crippen molar-refractivity contribution in [2.75, 3.05) is 12.1 Å². The zero-order valence-electron chi connectivity index (χ0n) is 12.1. The van der Waals surface area contributed by atoms with Gasteiger partial charge in [0.15, 0.2) is 0 Å². The first-order valence-corrected chi connectivity index (χ1v) is 6.86. The normalized spacial score (nSPS) is 10.6. The van der Waals surface area contributed by atoms with Crippen molar-refractivity contribution in [3.8, 4) is 0 Å². The number of pyridine rings is 1. The molecule has 0 spiro atoms. The first-order valence-electron chi connectivity index (χ1n) is 6.86. The molecule has 6 nitrogen and oxygen atoms in total. The zero-order valence-corrected chi connectivity index (χ0v) is 12.1. The Labute approximate surface area is 127 Å². The molecule has 6 heteroatoms. The van der Waals surface area contributed by atoms with Crippen molar-refractivity contribution in [1.29, 1.82) is 0 Å². The summed E-state index contributed by atoms with van der Waals surface area (Å²) in [4.78, 5) is 14.6. The second-order valence-corrected chi connectivity index (χ2v) is 4.94. The smallest absolute Gasteiger partial charge is 0.404 e. The van der Waals surface area contributed by atoms with Crippen LogP contribution >= 0.6 is 0 Å². The third-order valence-corrected chi connectivity index (χ3v) is 3.54. The van der Waals surface area contributed by atoms with Crippen LogP contribution in [-0.4, -0.2) is 27.9 Å². The van der Waals surface area contributed by atoms with Crippen molar-refractivity contribution in [2.24, 2.45) is 0 Å². The van der Waals surface area contributed by atoms with Gasteiger partial charge in [0.25, 0.3) is 0 Å². The van der Waals surface area contributed by atoms with E-state index in [-0.39, 0.29) is 0 Å². The quantitative estimate of drug-likeness (QED) is 0.776. The number of carboxylic acid groups (broad SMARTS) is 1. The maximum absolute atomic E-state index is 10.6. The van der Waals surface area contributed by atoms with Crippen molar-refractivity contribution in [3.05, 3.63) is 60.6 Å². The monoisotopic (exact) mass is 296 g/mol. The number of nitrogens with one attached hydrogen (secondary N) is 1. The van der Waals surface area contributed by atoms with E-state index >= 15 is 0 Å². The van der Waals surface area contributed by atoms with E-state index in [0.29, 0.717) is 6.54 Å². The number of benzene rings is 1. The molecule has 0 atom stereocenters. The lowest BCUT2D eigenvalue weighted by Gasteiger charge is -2.21. The van der Waals surface area contributed by atoms with Crippen LogP contribution in [-0.2, 0) is 6.54 Å². The van der Waals surface area contributed by atoms with Gasteiger partial charge in [0.2, 0.25) is 0 Å². The number of carbonyl (C=O) groups is 1. The summed E-state index contributed by atoms with van der Waals surface area (Å²) in [6, 6.07) is 11.8. The molecule has 0 aliphatic rings. The van der Waals surface area contributed by atoms with E-state index in [9.17, 15) is 4.79 Å². The fourth-order valence-corrected chi connectivity index (χ4v) is 2.41. The van der Waals surface area contributed by atoms with Crippen LogP contribution in [0.2, 0.25) is 0 Å². The van der Waals surface area contributed by atoms with E-state index in [1.807, 2.05) is 59.3 Å². The Morgan fingerprint density at radius 3 is 2.77 bits per heavy atom. The highest BCUT2D eigenvalue weighted by atomic mass is 16.4. The van der Waals surface area contributed by atoms with Crippen LogP contribution in [0.1, 0.15) is 5.56 Å². The molecule has 0 saturated carbocycles. The van der Waals surface area contributed by atoms with Gasteiger partial charge in [-0.15, -0.1) is 0 Å². The van der Waals surface area contributed by atoms with Crippen LogP contribution in [0.3, 0.4) is 0 Å². The van der Waals surface area contributed by atoms with E-state index < -0.39 is 6.09 Å². The fourth-order valence-electron chi connectivity index (χ4n) is 2.41. The van der Waals surface area contributed by atoms with Crippen LogP contribution in [0, 0.1) is 0 Å². The predicted molar refractivity (Wildman–Crippen MR) is 84.8 cm³/mol. The third kappa shape index (κ3) is 2.71. The predicted octanol–water partition coefficient (Wildman–Crippen LogP) is 2.70. The molecule has 22 heavy (non-hydrogen) atoms. The van der Waals surface area contributed by atoms with Crippen LogP contribution in [0.25, 0.3) is 10.9 Å². The molecule has 112 valence electrons. The van der Waals surface area contributed by atoms with Gasteiger partial charge in [-0.25, -0.2) is 4.79 Å². The van der Waals surface area contributed by atoms with Gasteiger partial charge in [0, 0.05) is 37.6 Å². The second-order valence-electron chi connectivity index (χ2n) is 4.94. The number of rotatable bonds is 4. The SMILES string of the molecule is CN(c1ccncc1)n1ccc2cc(CNC(=O)O)ccc21. The molecule has 0 aliphatic carbocycles. The van der Waals surface area contributed by atoms with Crippen molar-refractivity contribution >= 4 is 22.7 Å². The zero-order chi connectivity index (χ0) is 15.5. The van der Waals surface area contributed by atoms with Crippen molar-refractivity contribution in [1.82, 2.24) is 15.0 Å². The summed E-state index contributed by atoms with van der Waals surface area (Å²) in [5.41, 5.74) is 3.02. The van der Waals surface area contributed by atoms with Gasteiger partial charge in [-0.2, -0.15) is 0 Å². The van der Waals surface area contributed by atoms with E-state index in [2.05, 4.69) is 10.3 Å². The minimum absolute atomic E-state index is 0.302. The maximum Gasteiger partial charge on any atom is 0.404 e. The lowest BCUT2D eigenvalue weighted by molar-refractivity contribution is 0.194. The van der Waals surface area contributed by atoms with Gasteiger partial charge >= 0.3 is 6.09 Å². The third-order valence-electron chi connectivity index (χ3n) is 3.54. The van der Waals surface area contributed by atoms with Crippen LogP contribution in [0.4, 0.5) is 10.5 Å². The molecule has 0 bridgehead atoms. The Morgan fingerprint density at radius 1 is 1.27 bits per heavy atom. The first kappa shape index (κ1) is 13.9. The van der Waals surface area contributed by atoms with E-state index in [1.165, 1.54) is 0 Å². The molecule has 0 unspecified atom stereocenters. The van der Waals surface area contributed by atoms with Gasteiger partial charge in [0.1, 0.15) is 0 Å². The molecule has 1 aromatic carbocycles. The van der Waals surface area contributed by atoms with Gasteiger partial charge in [-0.1, -0.05) is 6.07 Å². The van der Waals surface area contributed by atoms with Crippen LogP contribution in [0.5, 0.6) is 0 Å². The summed E-state index contributed by atoms with van der Waals surface area (Å²) in [5, 5.41) is 14.1. The molecule has 0 saturated heterocycles. The van der Waals surface area contributed by atoms with Crippen molar-refractivity contribution in [2.45, 2.75) is 6.54 Å². The molecule has 0 aliphatic heterocycles. The molecule has 3 aromatic rings. The molecule has 2 N–H and O–H groups in total. The Hall–Kier alpha value is -3.02. The van der Waals surface area contributed by atoms with Gasteiger partial charge in [-0.3, -0.25) is 14.7 Å².